The van der Waals surface area contributed by atoms with E-state index in [1.54, 1.807) is 25.3 Å². The average Bonchev–Trinajstić information content (AvgIpc) is 2.80. The molecule has 0 bridgehead atoms. The summed E-state index contributed by atoms with van der Waals surface area (Å²) in [5.74, 6) is 0.455. The number of carbonyl (C=O) groups is 1. The summed E-state index contributed by atoms with van der Waals surface area (Å²) in [6.45, 7) is 0.676. The summed E-state index contributed by atoms with van der Waals surface area (Å²) in [7, 11) is 1.59. The van der Waals surface area contributed by atoms with Crippen molar-refractivity contribution in [2.75, 3.05) is 7.11 Å². The number of benzene rings is 3. The number of nitrogens with zero attached hydrogens (tertiary/aromatic N) is 1. The van der Waals surface area contributed by atoms with Gasteiger partial charge in [-0.1, -0.05) is 46.3 Å². The largest absolute Gasteiger partial charge is 0.496 e. The minimum atomic E-state index is -0.254. The SMILES string of the molecule is COc1ccccc1CNC(=O)c1ccc2c(=O)n(Cc3cccc(Br)c3)c(=S)[nH]c2c1. The molecule has 32 heavy (non-hydrogen) atoms. The van der Waals surface area contributed by atoms with Gasteiger partial charge in [-0.15, -0.1) is 0 Å². The number of halogens is 1. The average molecular weight is 510 g/mol. The molecule has 1 amide bonds. The van der Waals surface area contributed by atoms with Crippen LogP contribution in [0.5, 0.6) is 5.75 Å². The third-order valence-corrected chi connectivity index (χ3v) is 5.92. The van der Waals surface area contributed by atoms with Gasteiger partial charge in [0.1, 0.15) is 5.75 Å². The Morgan fingerprint density at radius 2 is 1.94 bits per heavy atom. The summed E-state index contributed by atoms with van der Waals surface area (Å²) in [6.07, 6.45) is 0. The number of hydrogen-bond donors (Lipinski definition) is 2. The van der Waals surface area contributed by atoms with E-state index in [2.05, 4.69) is 26.2 Å². The van der Waals surface area contributed by atoms with Gasteiger partial charge in [0.25, 0.3) is 11.5 Å². The molecule has 0 aliphatic heterocycles. The maximum atomic E-state index is 13.1. The van der Waals surface area contributed by atoms with E-state index in [1.165, 1.54) is 4.57 Å². The van der Waals surface area contributed by atoms with Crippen molar-refractivity contribution in [2.24, 2.45) is 0 Å². The number of fused-ring (bicyclic) bond motifs is 1. The Bertz CT molecular complexity index is 1430. The molecule has 0 unspecified atom stereocenters. The number of amides is 1. The van der Waals surface area contributed by atoms with Crippen molar-refractivity contribution in [1.29, 1.82) is 0 Å². The molecule has 0 saturated heterocycles. The fourth-order valence-electron chi connectivity index (χ4n) is 3.48. The zero-order valence-corrected chi connectivity index (χ0v) is 19.6. The van der Waals surface area contributed by atoms with Crippen LogP contribution < -0.4 is 15.6 Å². The van der Waals surface area contributed by atoms with Crippen molar-refractivity contribution in [1.82, 2.24) is 14.9 Å². The third-order valence-electron chi connectivity index (χ3n) is 5.11. The number of ether oxygens (including phenoxy) is 1. The molecule has 1 aromatic heterocycles. The van der Waals surface area contributed by atoms with Gasteiger partial charge in [0.2, 0.25) is 0 Å². The minimum absolute atomic E-state index is 0.204. The van der Waals surface area contributed by atoms with Crippen LogP contribution in [0.25, 0.3) is 10.9 Å². The van der Waals surface area contributed by atoms with E-state index in [0.29, 0.717) is 40.1 Å². The summed E-state index contributed by atoms with van der Waals surface area (Å²) < 4.78 is 8.07. The quantitative estimate of drug-likeness (QED) is 0.365. The summed E-state index contributed by atoms with van der Waals surface area (Å²) >= 11 is 8.88. The molecule has 0 aliphatic carbocycles. The number of methoxy groups -OCH3 is 1. The number of para-hydroxylation sites is 1. The molecule has 0 saturated carbocycles. The molecule has 162 valence electrons. The van der Waals surface area contributed by atoms with Crippen molar-refractivity contribution in [3.05, 3.63) is 103 Å². The number of rotatable bonds is 6. The number of hydrogen-bond acceptors (Lipinski definition) is 4. The highest BCUT2D eigenvalue weighted by atomic mass is 79.9. The Hall–Kier alpha value is -3.23. The first-order valence-electron chi connectivity index (χ1n) is 9.87. The number of carbonyl (C=O) groups excluding carboxylic acids is 1. The van der Waals surface area contributed by atoms with Crippen molar-refractivity contribution >= 4 is 45.0 Å². The number of H-pyrrole nitrogens is 1. The van der Waals surface area contributed by atoms with Gasteiger partial charge < -0.3 is 15.0 Å². The molecule has 3 aromatic carbocycles. The van der Waals surface area contributed by atoms with Crippen LogP contribution in [0.1, 0.15) is 21.5 Å². The first kappa shape index (κ1) is 22.0. The maximum absolute atomic E-state index is 13.1. The van der Waals surface area contributed by atoms with E-state index in [1.807, 2.05) is 48.5 Å². The zero-order valence-electron chi connectivity index (χ0n) is 17.2. The van der Waals surface area contributed by atoms with Crippen LogP contribution in [-0.2, 0) is 13.1 Å². The van der Waals surface area contributed by atoms with Gasteiger partial charge in [-0.2, -0.15) is 0 Å². The Kier molecular flexibility index (Phi) is 6.53. The van der Waals surface area contributed by atoms with Crippen LogP contribution in [0.2, 0.25) is 0 Å². The van der Waals surface area contributed by atoms with Gasteiger partial charge in [0.05, 0.1) is 24.6 Å². The lowest BCUT2D eigenvalue weighted by Crippen LogP contribution is -2.25. The van der Waals surface area contributed by atoms with Gasteiger partial charge >= 0.3 is 0 Å². The van der Waals surface area contributed by atoms with Gasteiger partial charge in [-0.05, 0) is 54.2 Å². The second-order valence-electron chi connectivity index (χ2n) is 7.21. The first-order chi connectivity index (χ1) is 15.5. The molecule has 0 atom stereocenters. The maximum Gasteiger partial charge on any atom is 0.262 e. The second kappa shape index (κ2) is 9.50. The topological polar surface area (TPSA) is 76.1 Å². The molecule has 0 spiro atoms. The molecule has 4 rings (SSSR count). The fraction of sp³-hybridized carbons (Fsp3) is 0.125. The summed E-state index contributed by atoms with van der Waals surface area (Å²) in [5.41, 5.74) is 2.58. The molecule has 0 fully saturated rings. The van der Waals surface area contributed by atoms with Gasteiger partial charge in [0.15, 0.2) is 4.77 Å². The van der Waals surface area contributed by atoms with Crippen LogP contribution in [0.15, 0.2) is 76.0 Å². The second-order valence-corrected chi connectivity index (χ2v) is 8.51. The Morgan fingerprint density at radius 1 is 1.12 bits per heavy atom. The Balaban J connectivity index is 1.60. The highest BCUT2D eigenvalue weighted by Crippen LogP contribution is 2.18. The molecule has 2 N–H and O–H groups in total. The minimum Gasteiger partial charge on any atom is -0.496 e. The third kappa shape index (κ3) is 4.66. The molecule has 0 aliphatic rings. The van der Waals surface area contributed by atoms with Gasteiger partial charge in [-0.25, -0.2) is 0 Å². The standard InChI is InChI=1S/C24H20BrN3O3S/c1-31-21-8-3-2-6-17(21)13-26-22(29)16-9-10-19-20(12-16)27-24(32)28(23(19)30)14-15-5-4-7-18(25)11-15/h2-12H,13-14H2,1H3,(H,26,29)(H,27,32). The van der Waals surface area contributed by atoms with E-state index in [4.69, 9.17) is 17.0 Å². The smallest absolute Gasteiger partial charge is 0.262 e. The van der Waals surface area contributed by atoms with E-state index < -0.39 is 0 Å². The van der Waals surface area contributed by atoms with Crippen LogP contribution in [-0.4, -0.2) is 22.6 Å². The van der Waals surface area contributed by atoms with Crippen molar-refractivity contribution in [3.63, 3.8) is 0 Å². The lowest BCUT2D eigenvalue weighted by atomic mass is 10.1. The number of nitrogens with one attached hydrogen (secondary N) is 2. The molecular formula is C24H20BrN3O3S. The number of aromatic amines is 1. The normalized spacial score (nSPS) is 10.8. The summed E-state index contributed by atoms with van der Waals surface area (Å²) in [6, 6.07) is 20.2. The highest BCUT2D eigenvalue weighted by molar-refractivity contribution is 9.10. The lowest BCUT2D eigenvalue weighted by Gasteiger charge is -2.11. The van der Waals surface area contributed by atoms with Crippen molar-refractivity contribution < 1.29 is 9.53 Å². The Labute approximate surface area is 198 Å². The monoisotopic (exact) mass is 509 g/mol. The van der Waals surface area contributed by atoms with E-state index in [-0.39, 0.29) is 11.5 Å². The molecular weight excluding hydrogens is 490 g/mol. The molecule has 1 heterocycles. The van der Waals surface area contributed by atoms with Crippen molar-refractivity contribution in [3.8, 4) is 5.75 Å². The lowest BCUT2D eigenvalue weighted by molar-refractivity contribution is 0.0951. The van der Waals surface area contributed by atoms with E-state index in [9.17, 15) is 9.59 Å². The number of aromatic nitrogens is 2. The van der Waals surface area contributed by atoms with E-state index >= 15 is 0 Å². The first-order valence-corrected chi connectivity index (χ1v) is 11.1. The molecule has 0 radical (unpaired) electrons. The zero-order chi connectivity index (χ0) is 22.7. The Morgan fingerprint density at radius 3 is 2.72 bits per heavy atom. The molecule has 8 heteroatoms. The summed E-state index contributed by atoms with van der Waals surface area (Å²) in [5, 5.41) is 3.35. The molecule has 6 nitrogen and oxygen atoms in total. The van der Waals surface area contributed by atoms with Gasteiger partial charge in [-0.3, -0.25) is 14.2 Å². The molecule has 4 aromatic rings. The van der Waals surface area contributed by atoms with Crippen LogP contribution in [0, 0.1) is 4.77 Å². The summed E-state index contributed by atoms with van der Waals surface area (Å²) in [4.78, 5) is 28.8. The van der Waals surface area contributed by atoms with Crippen LogP contribution in [0.4, 0.5) is 0 Å². The predicted molar refractivity (Wildman–Crippen MR) is 131 cm³/mol. The fourth-order valence-corrected chi connectivity index (χ4v) is 4.19. The van der Waals surface area contributed by atoms with Gasteiger partial charge in [0, 0.05) is 22.1 Å². The van der Waals surface area contributed by atoms with Crippen LogP contribution >= 0.6 is 28.1 Å². The highest BCUT2D eigenvalue weighted by Gasteiger charge is 2.12. The van der Waals surface area contributed by atoms with Crippen LogP contribution in [0.3, 0.4) is 0 Å². The van der Waals surface area contributed by atoms with E-state index in [0.717, 1.165) is 15.6 Å². The predicted octanol–water partition coefficient (Wildman–Crippen LogP) is 4.81. The van der Waals surface area contributed by atoms with Crippen molar-refractivity contribution in [2.45, 2.75) is 13.1 Å².